The summed E-state index contributed by atoms with van der Waals surface area (Å²) in [5.41, 5.74) is 1.27. The second-order valence-electron chi connectivity index (χ2n) is 5.86. The molecule has 1 fully saturated rings. The van der Waals surface area contributed by atoms with Crippen molar-refractivity contribution in [2.75, 3.05) is 13.1 Å². The molecule has 0 aromatic heterocycles. The maximum absolute atomic E-state index is 10.5. The Balaban J connectivity index is 0.00000211. The fourth-order valence-corrected chi connectivity index (χ4v) is 2.13. The molecule has 1 aliphatic carbocycles. The van der Waals surface area contributed by atoms with Crippen LogP contribution in [0.3, 0.4) is 0 Å². The van der Waals surface area contributed by atoms with Crippen LogP contribution < -0.4 is 0 Å². The van der Waals surface area contributed by atoms with Gasteiger partial charge in [-0.15, -0.1) is 24.3 Å². The van der Waals surface area contributed by atoms with Crippen molar-refractivity contribution in [3.05, 3.63) is 15.8 Å². The summed E-state index contributed by atoms with van der Waals surface area (Å²) in [4.78, 5) is 0. The molecule has 0 saturated heterocycles. The van der Waals surface area contributed by atoms with Crippen LogP contribution in [0, 0.1) is 10.6 Å². The van der Waals surface area contributed by atoms with Gasteiger partial charge in [-0.2, -0.15) is 0 Å². The van der Waals surface area contributed by atoms with Gasteiger partial charge in [0.15, 0.2) is 0 Å². The summed E-state index contributed by atoms with van der Waals surface area (Å²) in [6, 6.07) is -0.192. The normalized spacial score (nSPS) is 20.3. The van der Waals surface area contributed by atoms with Crippen molar-refractivity contribution in [1.29, 1.82) is 0 Å². The molecule has 1 saturated carbocycles. The third kappa shape index (κ3) is 6.60. The Hall–Kier alpha value is -0.691. The summed E-state index contributed by atoms with van der Waals surface area (Å²) >= 11 is 0.900. The van der Waals surface area contributed by atoms with Gasteiger partial charge in [-0.25, -0.2) is 0 Å². The number of hydrogen-bond acceptors (Lipinski definition) is 5. The van der Waals surface area contributed by atoms with Gasteiger partial charge in [0.2, 0.25) is 0 Å². The summed E-state index contributed by atoms with van der Waals surface area (Å²) in [7, 11) is 0. The van der Waals surface area contributed by atoms with E-state index in [0.29, 0.717) is 18.0 Å². The van der Waals surface area contributed by atoms with E-state index in [0.717, 1.165) is 38.2 Å². The van der Waals surface area contributed by atoms with Gasteiger partial charge in [-0.3, -0.25) is 0 Å². The summed E-state index contributed by atoms with van der Waals surface area (Å²) in [6.45, 7) is 8.74. The average molecular weight is 396 g/mol. The molecule has 0 aliphatic heterocycles. The molecule has 7 nitrogen and oxygen atoms in total. The van der Waals surface area contributed by atoms with Gasteiger partial charge in [0.1, 0.15) is 0 Å². The molecule has 0 unspecified atom stereocenters. The van der Waals surface area contributed by atoms with E-state index in [1.54, 1.807) is 13.8 Å². The summed E-state index contributed by atoms with van der Waals surface area (Å²) in [6.07, 6.45) is 3.43. The molecule has 0 aromatic rings. The first-order chi connectivity index (χ1) is 10.4. The second-order valence-corrected chi connectivity index (χ2v) is 5.86. The molecule has 126 valence electrons. The fourth-order valence-electron chi connectivity index (χ4n) is 2.13. The predicted octanol–water partition coefficient (Wildman–Crippen LogP) is 3.37. The SMILES string of the molecule is C/C(=N\[O-])[C@@H](C)[N-]CC1(C[N-][C@H](C)/C(C)=N/O)CCC1.[O]=[99Tc+3]. The molecule has 0 aromatic carbocycles. The molecule has 0 heterocycles. The van der Waals surface area contributed by atoms with E-state index in [2.05, 4.69) is 20.9 Å². The van der Waals surface area contributed by atoms with Crippen molar-refractivity contribution in [2.24, 2.45) is 15.7 Å². The van der Waals surface area contributed by atoms with E-state index < -0.39 is 0 Å². The number of oxime groups is 1. The van der Waals surface area contributed by atoms with Crippen LogP contribution in [-0.4, -0.2) is 41.8 Å². The Morgan fingerprint density at radius 3 is 1.95 bits per heavy atom. The van der Waals surface area contributed by atoms with Crippen LogP contribution in [0.5, 0.6) is 0 Å². The van der Waals surface area contributed by atoms with Gasteiger partial charge in [-0.1, -0.05) is 44.6 Å². The van der Waals surface area contributed by atoms with Crippen molar-refractivity contribution in [2.45, 2.75) is 59.0 Å². The number of rotatable bonds is 8. The standard InChI is InChI=1S/C14H26N4O2.O.Tc/c1-10(12(3)17-19)15-8-14(6-5-7-14)9-16-11(2)13(4)18-20;;/h10-11,19-20H,5-9H2,1-4H3;;/q-2;;+3/p-1/b17-12+,18-13+;;/t10-,11-;;/m1../s1/i;;1+1. The first kappa shape index (κ1) is 21.3. The Labute approximate surface area is 143 Å². The molecule has 0 radical (unpaired) electrons. The number of nitrogens with zero attached hydrogens (tertiary/aromatic N) is 4. The second kappa shape index (κ2) is 10.9. The van der Waals surface area contributed by atoms with Gasteiger partial charge in [0.05, 0.1) is 0 Å². The van der Waals surface area contributed by atoms with Gasteiger partial charge in [0, 0.05) is 5.71 Å². The molecule has 1 aliphatic rings. The average Bonchev–Trinajstić information content (AvgIpc) is 2.53. The van der Waals surface area contributed by atoms with E-state index in [1.807, 2.05) is 13.8 Å². The van der Waals surface area contributed by atoms with Crippen LogP contribution in [0.4, 0.5) is 0 Å². The van der Waals surface area contributed by atoms with E-state index in [9.17, 15) is 5.21 Å². The maximum atomic E-state index is 10.5. The molecule has 0 spiro atoms. The summed E-state index contributed by atoms with van der Waals surface area (Å²) < 4.78 is 8.22. The minimum absolute atomic E-state index is 0.0696. The molecule has 0 amide bonds. The summed E-state index contributed by atoms with van der Waals surface area (Å²) in [5, 5.41) is 34.5. The molecular weight excluding hydrogens is 371 g/mol. The van der Waals surface area contributed by atoms with E-state index in [4.69, 9.17) is 8.71 Å². The molecule has 1 rings (SSSR count). The van der Waals surface area contributed by atoms with Crippen LogP contribution in [0.25, 0.3) is 10.6 Å². The van der Waals surface area contributed by atoms with Crippen molar-refractivity contribution in [1.82, 2.24) is 0 Å². The Kier molecular flexibility index (Phi) is 10.6. The molecular formula is C14H25N4O3Tc. The van der Waals surface area contributed by atoms with Crippen LogP contribution in [0.15, 0.2) is 10.3 Å². The van der Waals surface area contributed by atoms with Crippen molar-refractivity contribution < 1.29 is 27.6 Å². The van der Waals surface area contributed by atoms with Crippen molar-refractivity contribution >= 4 is 11.4 Å². The van der Waals surface area contributed by atoms with Crippen molar-refractivity contribution in [3.8, 4) is 0 Å². The Morgan fingerprint density at radius 2 is 1.64 bits per heavy atom. The monoisotopic (exact) mass is 396 g/mol. The molecule has 8 heteroatoms. The minimum atomic E-state index is -0.122. The third-order valence-electron chi connectivity index (χ3n) is 4.33. The Morgan fingerprint density at radius 1 is 1.18 bits per heavy atom. The quantitative estimate of drug-likeness (QED) is 0.385. The predicted molar refractivity (Wildman–Crippen MR) is 83.7 cm³/mol. The zero-order valence-corrected chi connectivity index (χ0v) is 15.5. The molecule has 1 N–H and O–H groups in total. The topological polar surface area (TPSA) is 113 Å². The van der Waals surface area contributed by atoms with E-state index >= 15 is 0 Å². The van der Waals surface area contributed by atoms with Gasteiger partial charge < -0.3 is 26.2 Å². The van der Waals surface area contributed by atoms with E-state index in [1.165, 1.54) is 6.42 Å². The first-order valence-electron chi connectivity index (χ1n) is 7.28. The zero-order chi connectivity index (χ0) is 17.2. The van der Waals surface area contributed by atoms with E-state index in [-0.39, 0.29) is 17.5 Å². The van der Waals surface area contributed by atoms with Gasteiger partial charge in [-0.05, 0) is 19.6 Å². The first-order valence-corrected chi connectivity index (χ1v) is 8.04. The summed E-state index contributed by atoms with van der Waals surface area (Å²) in [5.74, 6) is 0. The number of hydrogen-bond donors (Lipinski definition) is 1. The molecule has 22 heavy (non-hydrogen) atoms. The van der Waals surface area contributed by atoms with Crippen LogP contribution >= 0.6 is 0 Å². The Bertz CT molecular complexity index is 356. The van der Waals surface area contributed by atoms with Gasteiger partial charge in [0.25, 0.3) is 0 Å². The van der Waals surface area contributed by atoms with Crippen molar-refractivity contribution in [3.63, 3.8) is 0 Å². The molecule has 0 bridgehead atoms. The zero-order valence-electron chi connectivity index (χ0n) is 13.6. The van der Waals surface area contributed by atoms with Crippen LogP contribution in [0.1, 0.15) is 47.0 Å². The fraction of sp³-hybridized carbons (Fsp3) is 0.857. The van der Waals surface area contributed by atoms with Gasteiger partial charge >= 0.3 is 22.4 Å². The third-order valence-corrected chi connectivity index (χ3v) is 4.33. The molecule has 2 atom stereocenters. The van der Waals surface area contributed by atoms with Crippen LogP contribution in [-0.2, 0) is 22.4 Å². The van der Waals surface area contributed by atoms with Crippen LogP contribution in [0.2, 0.25) is 0 Å².